The van der Waals surface area contributed by atoms with E-state index in [2.05, 4.69) is 20.4 Å². The Balaban J connectivity index is 1.43. The molecular weight excluding hydrogens is 472 g/mol. The fourth-order valence-corrected chi connectivity index (χ4v) is 6.63. The Labute approximate surface area is 201 Å². The highest BCUT2D eigenvalue weighted by molar-refractivity contribution is 7.89. The zero-order valence-corrected chi connectivity index (χ0v) is 20.4. The van der Waals surface area contributed by atoms with Crippen LogP contribution < -0.4 is 5.32 Å². The molecule has 1 amide bonds. The Morgan fingerprint density at radius 2 is 1.94 bits per heavy atom. The Morgan fingerprint density at radius 1 is 1.15 bits per heavy atom. The highest BCUT2D eigenvalue weighted by Gasteiger charge is 2.28. The van der Waals surface area contributed by atoms with Gasteiger partial charge in [-0.15, -0.1) is 0 Å². The molecular formula is C23H24N6O3S2. The maximum Gasteiger partial charge on any atom is 0.260 e. The number of hydrogen-bond donors (Lipinski definition) is 1. The van der Waals surface area contributed by atoms with Crippen molar-refractivity contribution in [2.45, 2.75) is 37.5 Å². The highest BCUT2D eigenvalue weighted by Crippen LogP contribution is 2.31. The minimum absolute atomic E-state index is 0.0268. The Hall–Kier alpha value is -3.15. The van der Waals surface area contributed by atoms with Crippen LogP contribution in [0.1, 0.15) is 48.7 Å². The number of sulfonamides is 1. The van der Waals surface area contributed by atoms with Crippen molar-refractivity contribution in [1.82, 2.24) is 24.1 Å². The summed E-state index contributed by atoms with van der Waals surface area (Å²) in [6, 6.07) is 10.4. The van der Waals surface area contributed by atoms with Gasteiger partial charge in [-0.3, -0.25) is 10.1 Å². The normalized spacial score (nSPS) is 14.8. The molecule has 5 rings (SSSR count). The van der Waals surface area contributed by atoms with Gasteiger partial charge >= 0.3 is 0 Å². The first kappa shape index (κ1) is 22.6. The Morgan fingerprint density at radius 3 is 2.65 bits per heavy atom. The van der Waals surface area contributed by atoms with Crippen molar-refractivity contribution in [3.8, 4) is 5.82 Å². The molecule has 34 heavy (non-hydrogen) atoms. The summed E-state index contributed by atoms with van der Waals surface area (Å²) in [6.07, 6.45) is 4.98. The van der Waals surface area contributed by atoms with Crippen LogP contribution in [0.25, 0.3) is 16.0 Å². The topological polar surface area (TPSA) is 110 Å². The molecule has 9 nitrogen and oxygen atoms in total. The molecule has 1 fully saturated rings. The number of nitrogens with zero attached hydrogens (tertiary/aromatic N) is 5. The molecule has 1 aromatic carbocycles. The number of amides is 1. The van der Waals surface area contributed by atoms with E-state index in [-0.39, 0.29) is 16.7 Å². The predicted octanol–water partition coefficient (Wildman–Crippen LogP) is 4.04. The molecule has 11 heteroatoms. The van der Waals surface area contributed by atoms with Crippen molar-refractivity contribution in [1.29, 1.82) is 0 Å². The van der Waals surface area contributed by atoms with Gasteiger partial charge in [-0.25, -0.2) is 23.1 Å². The fourth-order valence-electron chi connectivity index (χ4n) is 4.11. The third-order valence-corrected chi connectivity index (χ3v) is 8.58. The van der Waals surface area contributed by atoms with Gasteiger partial charge in [-0.05, 0) is 49.1 Å². The van der Waals surface area contributed by atoms with Gasteiger partial charge < -0.3 is 0 Å². The molecule has 0 aliphatic carbocycles. The summed E-state index contributed by atoms with van der Waals surface area (Å²) in [5.41, 5.74) is 1.82. The van der Waals surface area contributed by atoms with E-state index in [1.165, 1.54) is 21.8 Å². The molecule has 1 aliphatic rings. The number of rotatable bonds is 6. The van der Waals surface area contributed by atoms with E-state index in [1.807, 2.05) is 32.0 Å². The van der Waals surface area contributed by atoms with Crippen molar-refractivity contribution in [2.24, 2.45) is 0 Å². The Bertz CT molecular complexity index is 1450. The molecule has 3 aromatic heterocycles. The smallest absolute Gasteiger partial charge is 0.260 e. The summed E-state index contributed by atoms with van der Waals surface area (Å²) in [4.78, 5) is 22.2. The van der Waals surface area contributed by atoms with Gasteiger partial charge in [0.25, 0.3) is 5.91 Å². The number of fused-ring (bicyclic) bond motifs is 1. The number of nitrogens with one attached hydrogen (secondary N) is 1. The second-order valence-corrected chi connectivity index (χ2v) is 11.4. The van der Waals surface area contributed by atoms with Crippen LogP contribution in [-0.2, 0) is 10.0 Å². The number of thiazole rings is 1. The van der Waals surface area contributed by atoms with Crippen LogP contribution in [0, 0.1) is 0 Å². The van der Waals surface area contributed by atoms with Crippen molar-refractivity contribution in [2.75, 3.05) is 18.4 Å². The number of carbonyl (C=O) groups excluding carboxylic acids is 1. The van der Waals surface area contributed by atoms with Crippen LogP contribution in [0.15, 0.2) is 53.7 Å². The van der Waals surface area contributed by atoms with Gasteiger partial charge in [-0.1, -0.05) is 31.3 Å². The highest BCUT2D eigenvalue weighted by atomic mass is 32.2. The predicted molar refractivity (Wildman–Crippen MR) is 131 cm³/mol. The molecule has 0 spiro atoms. The van der Waals surface area contributed by atoms with E-state index in [4.69, 9.17) is 0 Å². The van der Waals surface area contributed by atoms with E-state index in [9.17, 15) is 13.2 Å². The maximum atomic E-state index is 13.1. The van der Waals surface area contributed by atoms with Crippen molar-refractivity contribution >= 4 is 42.6 Å². The number of carbonyl (C=O) groups is 1. The lowest BCUT2D eigenvalue weighted by Crippen LogP contribution is -2.27. The second-order valence-electron chi connectivity index (χ2n) is 8.41. The first-order chi connectivity index (χ1) is 16.3. The summed E-state index contributed by atoms with van der Waals surface area (Å²) < 4.78 is 29.7. The van der Waals surface area contributed by atoms with Gasteiger partial charge in [0.1, 0.15) is 0 Å². The van der Waals surface area contributed by atoms with Gasteiger partial charge in [0, 0.05) is 19.3 Å². The monoisotopic (exact) mass is 496 g/mol. The van der Waals surface area contributed by atoms with Crippen molar-refractivity contribution in [3.63, 3.8) is 0 Å². The zero-order chi connectivity index (χ0) is 23.9. The van der Waals surface area contributed by atoms with Crippen LogP contribution in [0.4, 0.5) is 5.13 Å². The second kappa shape index (κ2) is 8.90. The summed E-state index contributed by atoms with van der Waals surface area (Å²) in [7, 11) is -3.52. The number of pyridine rings is 1. The summed E-state index contributed by atoms with van der Waals surface area (Å²) in [5.74, 6) is 0.339. The lowest BCUT2D eigenvalue weighted by molar-refractivity contribution is 0.102. The molecule has 1 N–H and O–H groups in total. The zero-order valence-electron chi connectivity index (χ0n) is 18.8. The maximum absolute atomic E-state index is 13.1. The first-order valence-corrected chi connectivity index (χ1v) is 13.3. The third kappa shape index (κ3) is 4.10. The van der Waals surface area contributed by atoms with Crippen LogP contribution in [0.5, 0.6) is 0 Å². The van der Waals surface area contributed by atoms with Crippen molar-refractivity contribution in [3.05, 3.63) is 60.0 Å². The summed E-state index contributed by atoms with van der Waals surface area (Å²) in [6.45, 7) is 5.09. The average Bonchev–Trinajstić information content (AvgIpc) is 3.58. The number of anilines is 1. The number of hydrogen-bond acceptors (Lipinski definition) is 7. The standard InChI is InChI=1S/C23H24N6O3S2/c1-15(2)21-17(14-25-29(21)20-7-3-4-10-24-20)22(30)27-23-26-18-9-8-16(13-19(18)33-23)34(31,32)28-11-5-6-12-28/h3-4,7-10,13-15H,5-6,11-12H2,1-2H3,(H,26,27,30). The van der Waals surface area contributed by atoms with Gasteiger partial charge in [0.15, 0.2) is 10.9 Å². The molecule has 0 radical (unpaired) electrons. The van der Waals surface area contributed by atoms with Gasteiger partial charge in [0.05, 0.1) is 32.6 Å². The largest absolute Gasteiger partial charge is 0.298 e. The SMILES string of the molecule is CC(C)c1c(C(=O)Nc2nc3ccc(S(=O)(=O)N4CCCC4)cc3s2)cnn1-c1ccccn1. The Kier molecular flexibility index (Phi) is 5.92. The first-order valence-electron chi connectivity index (χ1n) is 11.1. The fraction of sp³-hybridized carbons (Fsp3) is 0.304. The minimum atomic E-state index is -3.52. The lowest BCUT2D eigenvalue weighted by Gasteiger charge is -2.15. The average molecular weight is 497 g/mol. The molecule has 0 atom stereocenters. The molecule has 0 unspecified atom stereocenters. The van der Waals surface area contributed by atoms with E-state index in [0.717, 1.165) is 18.5 Å². The van der Waals surface area contributed by atoms with Crippen LogP contribution in [0.2, 0.25) is 0 Å². The molecule has 1 aliphatic heterocycles. The van der Waals surface area contributed by atoms with Crippen molar-refractivity contribution < 1.29 is 13.2 Å². The van der Waals surface area contributed by atoms with Crippen LogP contribution in [-0.4, -0.2) is 51.5 Å². The van der Waals surface area contributed by atoms with Crippen LogP contribution in [0.3, 0.4) is 0 Å². The van der Waals surface area contributed by atoms with Gasteiger partial charge in [0.2, 0.25) is 10.0 Å². The quantitative estimate of drug-likeness (QED) is 0.431. The van der Waals surface area contributed by atoms with E-state index in [1.54, 1.807) is 29.1 Å². The molecule has 176 valence electrons. The van der Waals surface area contributed by atoms with E-state index in [0.29, 0.717) is 39.8 Å². The lowest BCUT2D eigenvalue weighted by atomic mass is 10.1. The molecule has 4 heterocycles. The minimum Gasteiger partial charge on any atom is -0.298 e. The van der Waals surface area contributed by atoms with Gasteiger partial charge in [-0.2, -0.15) is 9.40 Å². The number of benzene rings is 1. The van der Waals surface area contributed by atoms with Crippen LogP contribution >= 0.6 is 11.3 Å². The third-order valence-electron chi connectivity index (χ3n) is 5.75. The summed E-state index contributed by atoms with van der Waals surface area (Å²) >= 11 is 1.24. The molecule has 4 aromatic rings. The summed E-state index contributed by atoms with van der Waals surface area (Å²) in [5, 5.41) is 7.65. The number of aromatic nitrogens is 4. The van der Waals surface area contributed by atoms with E-state index < -0.39 is 10.0 Å². The van der Waals surface area contributed by atoms with E-state index >= 15 is 0 Å². The molecule has 1 saturated heterocycles. The molecule has 0 saturated carbocycles. The molecule has 0 bridgehead atoms.